The summed E-state index contributed by atoms with van der Waals surface area (Å²) in [5.74, 6) is 0.987. The Morgan fingerprint density at radius 1 is 1.34 bits per heavy atom. The van der Waals surface area contributed by atoms with Gasteiger partial charge in [-0.2, -0.15) is 4.52 Å². The number of non-ortho nitro benzene ring substituents is 1. The van der Waals surface area contributed by atoms with Crippen LogP contribution in [0.2, 0.25) is 0 Å². The third-order valence-electron chi connectivity index (χ3n) is 4.22. The minimum Gasteiger partial charge on any atom is -0.467 e. The van der Waals surface area contributed by atoms with Gasteiger partial charge in [-0.3, -0.25) is 14.9 Å². The first kappa shape index (κ1) is 19.7. The maximum Gasteiger partial charge on any atom is 0.297 e. The van der Waals surface area contributed by atoms with E-state index in [2.05, 4.69) is 15.3 Å². The van der Waals surface area contributed by atoms with Gasteiger partial charge in [-0.25, -0.2) is 0 Å². The van der Waals surface area contributed by atoms with E-state index >= 15 is 0 Å². The lowest BCUT2D eigenvalue weighted by Gasteiger charge is -2.20. The van der Waals surface area contributed by atoms with E-state index < -0.39 is 10.3 Å². The van der Waals surface area contributed by atoms with Crippen molar-refractivity contribution in [2.45, 2.75) is 42.9 Å². The van der Waals surface area contributed by atoms with Crippen LogP contribution in [0.5, 0.6) is 5.75 Å². The number of hydrogen-bond acceptors (Lipinski definition) is 10. The summed E-state index contributed by atoms with van der Waals surface area (Å²) in [6, 6.07) is 2.96. The second-order valence-electron chi connectivity index (χ2n) is 7.42. The molecule has 1 aliphatic rings. The first-order chi connectivity index (χ1) is 13.7. The Bertz CT molecular complexity index is 1170. The van der Waals surface area contributed by atoms with Gasteiger partial charge in [0.05, 0.1) is 11.5 Å². The zero-order chi connectivity index (χ0) is 20.8. The van der Waals surface area contributed by atoms with Crippen LogP contribution in [-0.2, 0) is 22.5 Å². The van der Waals surface area contributed by atoms with Crippen LogP contribution in [0.1, 0.15) is 37.6 Å². The lowest BCUT2D eigenvalue weighted by atomic mass is 9.93. The molecule has 0 bridgehead atoms. The van der Waals surface area contributed by atoms with Gasteiger partial charge in [-0.1, -0.05) is 43.9 Å². The van der Waals surface area contributed by atoms with E-state index in [1.165, 1.54) is 39.7 Å². The number of nitrogens with zero attached hydrogens (tertiary/aromatic N) is 5. The summed E-state index contributed by atoms with van der Waals surface area (Å²) >= 11 is 2.59. The number of rotatable bonds is 4. The summed E-state index contributed by atoms with van der Waals surface area (Å²) in [7, 11) is 0. The maximum atomic E-state index is 12.7. The second kappa shape index (κ2) is 7.35. The predicted octanol–water partition coefficient (Wildman–Crippen LogP) is 2.91. The van der Waals surface area contributed by atoms with E-state index in [-0.39, 0.29) is 24.6 Å². The molecule has 152 valence electrons. The highest BCUT2D eigenvalue weighted by molar-refractivity contribution is 8.00. The molecule has 0 saturated carbocycles. The van der Waals surface area contributed by atoms with E-state index in [1.54, 1.807) is 0 Å². The Balaban J connectivity index is 1.65. The van der Waals surface area contributed by atoms with Crippen LogP contribution in [0, 0.1) is 10.1 Å². The van der Waals surface area contributed by atoms with Gasteiger partial charge in [0.1, 0.15) is 11.4 Å². The van der Waals surface area contributed by atoms with Gasteiger partial charge in [0.2, 0.25) is 4.96 Å². The number of aromatic nitrogens is 4. The van der Waals surface area contributed by atoms with Crippen molar-refractivity contribution in [2.75, 3.05) is 6.79 Å². The number of nitro groups is 1. The van der Waals surface area contributed by atoms with Crippen LogP contribution in [0.3, 0.4) is 0 Å². The number of fused-ring (bicyclic) bond motifs is 2. The third kappa shape index (κ3) is 3.82. The molecule has 0 aliphatic carbocycles. The minimum absolute atomic E-state index is 0.0188. The zero-order valence-electron chi connectivity index (χ0n) is 15.9. The van der Waals surface area contributed by atoms with E-state index in [0.717, 1.165) is 0 Å². The van der Waals surface area contributed by atoms with Gasteiger partial charge < -0.3 is 9.47 Å². The van der Waals surface area contributed by atoms with Gasteiger partial charge in [-0.15, -0.1) is 15.3 Å². The number of hydrogen-bond donors (Lipinski definition) is 0. The Kier molecular flexibility index (Phi) is 5.00. The Hall–Kier alpha value is -2.57. The summed E-state index contributed by atoms with van der Waals surface area (Å²) in [5, 5.41) is 23.8. The molecule has 0 saturated heterocycles. The average Bonchev–Trinajstić information content (AvgIpc) is 3.09. The highest BCUT2D eigenvalue weighted by Gasteiger charge is 2.24. The summed E-state index contributed by atoms with van der Waals surface area (Å²) in [5.41, 5.74) is 0.910. The monoisotopic (exact) mass is 435 g/mol. The van der Waals surface area contributed by atoms with Gasteiger partial charge >= 0.3 is 0 Å². The fourth-order valence-electron chi connectivity index (χ4n) is 2.86. The smallest absolute Gasteiger partial charge is 0.297 e. The molecule has 1 aliphatic heterocycles. The second-order valence-corrected chi connectivity index (χ2v) is 9.59. The molecule has 10 nitrogen and oxygen atoms in total. The van der Waals surface area contributed by atoms with Crippen molar-refractivity contribution >= 4 is 33.7 Å². The maximum absolute atomic E-state index is 12.7. The van der Waals surface area contributed by atoms with E-state index in [4.69, 9.17) is 9.47 Å². The Morgan fingerprint density at radius 2 is 2.14 bits per heavy atom. The molecule has 0 atom stereocenters. The van der Waals surface area contributed by atoms with Crippen LogP contribution in [0.15, 0.2) is 21.3 Å². The largest absolute Gasteiger partial charge is 0.467 e. The third-order valence-corrected chi connectivity index (χ3v) is 6.30. The van der Waals surface area contributed by atoms with E-state index in [9.17, 15) is 14.9 Å². The molecule has 29 heavy (non-hydrogen) atoms. The average molecular weight is 435 g/mol. The molecule has 0 spiro atoms. The highest BCUT2D eigenvalue weighted by Crippen LogP contribution is 2.37. The lowest BCUT2D eigenvalue weighted by Crippen LogP contribution is -2.30. The normalized spacial score (nSPS) is 13.9. The van der Waals surface area contributed by atoms with Crippen LogP contribution in [0.25, 0.3) is 4.96 Å². The molecule has 12 heteroatoms. The van der Waals surface area contributed by atoms with Gasteiger partial charge in [0.25, 0.3) is 11.2 Å². The van der Waals surface area contributed by atoms with Crippen LogP contribution in [-0.4, -0.2) is 31.5 Å². The minimum atomic E-state index is -0.441. The van der Waals surface area contributed by atoms with E-state index in [0.29, 0.717) is 37.6 Å². The van der Waals surface area contributed by atoms with Crippen molar-refractivity contribution in [1.29, 1.82) is 0 Å². The molecular weight excluding hydrogens is 418 g/mol. The molecule has 0 N–H and O–H groups in total. The molecule has 0 unspecified atom stereocenters. The SMILES string of the molecule is CC(C)(C)c1nnc2sc(SCc3cc([N+](=O)[O-])cc4c3OCOC4)nn2c1=O. The van der Waals surface area contributed by atoms with Crippen LogP contribution < -0.4 is 10.3 Å². The van der Waals surface area contributed by atoms with Crippen molar-refractivity contribution in [3.63, 3.8) is 0 Å². The quantitative estimate of drug-likeness (QED) is 0.346. The van der Waals surface area contributed by atoms with Crippen molar-refractivity contribution in [3.8, 4) is 5.75 Å². The van der Waals surface area contributed by atoms with Crippen LogP contribution in [0.4, 0.5) is 5.69 Å². The summed E-state index contributed by atoms with van der Waals surface area (Å²) in [4.78, 5) is 23.9. The number of benzene rings is 1. The molecule has 2 aromatic heterocycles. The fraction of sp³-hybridized carbons (Fsp3) is 0.412. The summed E-state index contributed by atoms with van der Waals surface area (Å²) in [6.07, 6.45) is 0. The molecule has 3 aromatic rings. The lowest BCUT2D eigenvalue weighted by molar-refractivity contribution is -0.385. The number of thioether (sulfide) groups is 1. The van der Waals surface area contributed by atoms with Crippen LogP contribution >= 0.6 is 23.1 Å². The zero-order valence-corrected chi connectivity index (χ0v) is 17.5. The number of ether oxygens (including phenoxy) is 2. The Morgan fingerprint density at radius 3 is 2.86 bits per heavy atom. The van der Waals surface area contributed by atoms with Crippen molar-refractivity contribution in [3.05, 3.63) is 49.4 Å². The van der Waals surface area contributed by atoms with Gasteiger partial charge in [0.15, 0.2) is 11.1 Å². The molecule has 4 rings (SSSR count). The van der Waals surface area contributed by atoms with Crippen molar-refractivity contribution < 1.29 is 14.4 Å². The Labute approximate surface area is 173 Å². The number of nitro benzene ring substituents is 1. The molecule has 0 radical (unpaired) electrons. The first-order valence-electron chi connectivity index (χ1n) is 8.64. The first-order valence-corrected chi connectivity index (χ1v) is 10.4. The molecule has 0 amide bonds. The van der Waals surface area contributed by atoms with Gasteiger partial charge in [0, 0.05) is 34.4 Å². The summed E-state index contributed by atoms with van der Waals surface area (Å²) in [6.45, 7) is 6.03. The van der Waals surface area contributed by atoms with Crippen molar-refractivity contribution in [1.82, 2.24) is 19.8 Å². The highest BCUT2D eigenvalue weighted by atomic mass is 32.2. The van der Waals surface area contributed by atoms with Crippen molar-refractivity contribution in [2.24, 2.45) is 0 Å². The topological polar surface area (TPSA) is 122 Å². The van der Waals surface area contributed by atoms with E-state index in [1.807, 2.05) is 20.8 Å². The fourth-order valence-corrected chi connectivity index (χ4v) is 4.70. The molecule has 1 aromatic carbocycles. The predicted molar refractivity (Wildman–Crippen MR) is 107 cm³/mol. The standard InChI is InChI=1S/C17H17N5O5S2/c1-17(2,3)13-14(23)21-15(19-18-13)29-16(20-21)28-7-10-5-11(22(24)25)4-9-6-26-8-27-12(9)10/h4-5H,6-8H2,1-3H3. The molecule has 0 fully saturated rings. The molecular formula is C17H17N5O5S2. The van der Waals surface area contributed by atoms with Gasteiger partial charge in [-0.05, 0) is 0 Å². The molecule has 3 heterocycles. The summed E-state index contributed by atoms with van der Waals surface area (Å²) < 4.78 is 12.6.